The quantitative estimate of drug-likeness (QED) is 0.524. The van der Waals surface area contributed by atoms with Gasteiger partial charge in [-0.15, -0.1) is 0 Å². The summed E-state index contributed by atoms with van der Waals surface area (Å²) < 4.78 is 32.8. The van der Waals surface area contributed by atoms with Crippen molar-refractivity contribution in [3.8, 4) is 0 Å². The average molecular weight is 358 g/mol. The maximum absolute atomic E-state index is 12.6. The van der Waals surface area contributed by atoms with E-state index in [-0.39, 0.29) is 16.5 Å². The topological polar surface area (TPSA) is 105 Å². The first kappa shape index (κ1) is 20.4. The number of carboxylic acids is 1. The van der Waals surface area contributed by atoms with E-state index >= 15 is 0 Å². The SMILES string of the molecule is CCC[C@@H](C)NS(=O)(=O)c1cc(C(=O)O)ccc1NCCCOC. The summed E-state index contributed by atoms with van der Waals surface area (Å²) >= 11 is 0. The number of ether oxygens (including phenoxy) is 1. The molecule has 8 heteroatoms. The molecule has 7 nitrogen and oxygen atoms in total. The Morgan fingerprint density at radius 3 is 2.67 bits per heavy atom. The fourth-order valence-electron chi connectivity index (χ4n) is 2.28. The maximum atomic E-state index is 12.6. The van der Waals surface area contributed by atoms with Crippen molar-refractivity contribution in [2.75, 3.05) is 25.6 Å². The van der Waals surface area contributed by atoms with Crippen LogP contribution in [0.1, 0.15) is 43.5 Å². The van der Waals surface area contributed by atoms with Crippen molar-refractivity contribution >= 4 is 21.7 Å². The largest absolute Gasteiger partial charge is 0.478 e. The molecule has 0 bridgehead atoms. The monoisotopic (exact) mass is 358 g/mol. The number of hydrogen-bond acceptors (Lipinski definition) is 5. The van der Waals surface area contributed by atoms with Crippen molar-refractivity contribution in [1.29, 1.82) is 0 Å². The Hall–Kier alpha value is -1.64. The minimum Gasteiger partial charge on any atom is -0.478 e. The maximum Gasteiger partial charge on any atom is 0.335 e. The Morgan fingerprint density at radius 2 is 2.08 bits per heavy atom. The van der Waals surface area contributed by atoms with Crippen LogP contribution in [0.5, 0.6) is 0 Å². The smallest absolute Gasteiger partial charge is 0.335 e. The van der Waals surface area contributed by atoms with Gasteiger partial charge in [0.05, 0.1) is 11.3 Å². The first-order valence-electron chi connectivity index (χ1n) is 7.94. The number of hydrogen-bond donors (Lipinski definition) is 3. The van der Waals surface area contributed by atoms with E-state index in [0.717, 1.165) is 6.42 Å². The first-order chi connectivity index (χ1) is 11.3. The number of nitrogens with one attached hydrogen (secondary N) is 2. The highest BCUT2D eigenvalue weighted by Gasteiger charge is 2.22. The Morgan fingerprint density at radius 1 is 1.38 bits per heavy atom. The standard InChI is InChI=1S/C16H26N2O5S/c1-4-6-12(2)18-24(21,22)15-11-13(16(19)20)7-8-14(15)17-9-5-10-23-3/h7-8,11-12,17-18H,4-6,9-10H2,1-3H3,(H,19,20)/t12-/m1/s1. The number of methoxy groups -OCH3 is 1. The van der Waals surface area contributed by atoms with Gasteiger partial charge in [0, 0.05) is 26.3 Å². The lowest BCUT2D eigenvalue weighted by molar-refractivity contribution is 0.0696. The van der Waals surface area contributed by atoms with E-state index in [1.54, 1.807) is 14.0 Å². The Bertz CT molecular complexity index is 646. The molecule has 1 aromatic rings. The molecule has 0 saturated carbocycles. The molecule has 1 rings (SSSR count). The third kappa shape index (κ3) is 6.10. The second-order valence-electron chi connectivity index (χ2n) is 5.60. The predicted molar refractivity (Wildman–Crippen MR) is 93.1 cm³/mol. The molecule has 0 saturated heterocycles. The number of rotatable bonds is 11. The lowest BCUT2D eigenvalue weighted by Gasteiger charge is -2.17. The number of carboxylic acid groups (broad SMARTS) is 1. The normalized spacial score (nSPS) is 12.8. The van der Waals surface area contributed by atoms with Crippen LogP contribution < -0.4 is 10.0 Å². The Labute approximate surface area is 143 Å². The van der Waals surface area contributed by atoms with Crippen LogP contribution in [0.25, 0.3) is 0 Å². The minimum absolute atomic E-state index is 0.0530. The zero-order valence-corrected chi connectivity index (χ0v) is 15.1. The second-order valence-corrected chi connectivity index (χ2v) is 7.28. The fourth-order valence-corrected chi connectivity index (χ4v) is 3.77. The van der Waals surface area contributed by atoms with Crippen molar-refractivity contribution in [3.05, 3.63) is 23.8 Å². The molecule has 0 unspecified atom stereocenters. The van der Waals surface area contributed by atoms with Crippen LogP contribution >= 0.6 is 0 Å². The van der Waals surface area contributed by atoms with E-state index in [2.05, 4.69) is 10.0 Å². The lowest BCUT2D eigenvalue weighted by Crippen LogP contribution is -2.33. The second kappa shape index (κ2) is 9.61. The molecule has 0 heterocycles. The number of aromatic carboxylic acids is 1. The highest BCUT2D eigenvalue weighted by atomic mass is 32.2. The first-order valence-corrected chi connectivity index (χ1v) is 9.42. The molecule has 0 aliphatic carbocycles. The molecule has 0 amide bonds. The van der Waals surface area contributed by atoms with Gasteiger partial charge in [-0.3, -0.25) is 0 Å². The molecular formula is C16H26N2O5S. The van der Waals surface area contributed by atoms with Gasteiger partial charge >= 0.3 is 5.97 Å². The summed E-state index contributed by atoms with van der Waals surface area (Å²) in [7, 11) is -2.22. The molecule has 24 heavy (non-hydrogen) atoms. The van der Waals surface area contributed by atoms with Gasteiger partial charge in [-0.1, -0.05) is 13.3 Å². The van der Waals surface area contributed by atoms with Crippen LogP contribution in [-0.2, 0) is 14.8 Å². The molecule has 0 fully saturated rings. The van der Waals surface area contributed by atoms with Crippen LogP contribution in [0, 0.1) is 0 Å². The summed E-state index contributed by atoms with van der Waals surface area (Å²) in [5.74, 6) is -1.17. The Balaban J connectivity index is 3.10. The van der Waals surface area contributed by atoms with Crippen LogP contribution in [0.15, 0.2) is 23.1 Å². The molecule has 1 aromatic carbocycles. The van der Waals surface area contributed by atoms with Gasteiger partial charge in [0.1, 0.15) is 4.90 Å². The molecule has 0 radical (unpaired) electrons. The average Bonchev–Trinajstić information content (AvgIpc) is 2.51. The molecule has 1 atom stereocenters. The van der Waals surface area contributed by atoms with Crippen molar-refractivity contribution in [1.82, 2.24) is 4.72 Å². The Kier molecular flexibility index (Phi) is 8.17. The third-order valence-electron chi connectivity index (χ3n) is 3.44. The van der Waals surface area contributed by atoms with Crippen LogP contribution in [0.2, 0.25) is 0 Å². The van der Waals surface area contributed by atoms with E-state index in [0.29, 0.717) is 31.7 Å². The number of anilines is 1. The highest BCUT2D eigenvalue weighted by Crippen LogP contribution is 2.23. The minimum atomic E-state index is -3.82. The molecule has 136 valence electrons. The van der Waals surface area contributed by atoms with Crippen molar-refractivity contribution < 1.29 is 23.1 Å². The number of carbonyl (C=O) groups is 1. The van der Waals surface area contributed by atoms with Gasteiger partial charge in [0.15, 0.2) is 0 Å². The van der Waals surface area contributed by atoms with Gasteiger partial charge < -0.3 is 15.2 Å². The fraction of sp³-hybridized carbons (Fsp3) is 0.562. The molecule has 3 N–H and O–H groups in total. The zero-order chi connectivity index (χ0) is 18.2. The van der Waals surface area contributed by atoms with Gasteiger partial charge in [0.2, 0.25) is 10.0 Å². The zero-order valence-electron chi connectivity index (χ0n) is 14.3. The molecule has 0 aromatic heterocycles. The summed E-state index contributed by atoms with van der Waals surface area (Å²) in [5, 5.41) is 12.2. The van der Waals surface area contributed by atoms with Gasteiger partial charge in [0.25, 0.3) is 0 Å². The van der Waals surface area contributed by atoms with Crippen LogP contribution in [0.3, 0.4) is 0 Å². The predicted octanol–water partition coefficient (Wildman–Crippen LogP) is 2.30. The van der Waals surface area contributed by atoms with E-state index < -0.39 is 16.0 Å². The van der Waals surface area contributed by atoms with E-state index in [1.165, 1.54) is 18.2 Å². The molecular weight excluding hydrogens is 332 g/mol. The van der Waals surface area contributed by atoms with Gasteiger partial charge in [-0.25, -0.2) is 17.9 Å². The number of sulfonamides is 1. The van der Waals surface area contributed by atoms with Crippen molar-refractivity contribution in [2.24, 2.45) is 0 Å². The van der Waals surface area contributed by atoms with Crippen molar-refractivity contribution in [2.45, 2.75) is 44.0 Å². The van der Waals surface area contributed by atoms with Crippen LogP contribution in [-0.4, -0.2) is 45.8 Å². The van der Waals surface area contributed by atoms with E-state index in [4.69, 9.17) is 9.84 Å². The van der Waals surface area contributed by atoms with Crippen LogP contribution in [0.4, 0.5) is 5.69 Å². The third-order valence-corrected chi connectivity index (χ3v) is 5.07. The molecule has 0 aliphatic rings. The molecule has 0 spiro atoms. The highest BCUT2D eigenvalue weighted by molar-refractivity contribution is 7.89. The summed E-state index contributed by atoms with van der Waals surface area (Å²) in [6, 6.07) is 3.82. The van der Waals surface area contributed by atoms with E-state index in [1.807, 2.05) is 6.92 Å². The summed E-state index contributed by atoms with van der Waals surface area (Å²) in [4.78, 5) is 11.1. The van der Waals surface area contributed by atoms with E-state index in [9.17, 15) is 13.2 Å². The van der Waals surface area contributed by atoms with Gasteiger partial charge in [-0.2, -0.15) is 0 Å². The number of benzene rings is 1. The van der Waals surface area contributed by atoms with Gasteiger partial charge in [-0.05, 0) is 38.0 Å². The lowest BCUT2D eigenvalue weighted by atomic mass is 10.2. The summed E-state index contributed by atoms with van der Waals surface area (Å²) in [5.41, 5.74) is 0.313. The van der Waals surface area contributed by atoms with Crippen molar-refractivity contribution in [3.63, 3.8) is 0 Å². The summed E-state index contributed by atoms with van der Waals surface area (Å²) in [6.07, 6.45) is 2.26. The molecule has 0 aliphatic heterocycles. The summed E-state index contributed by atoms with van der Waals surface area (Å²) in [6.45, 7) is 4.83.